The van der Waals surface area contributed by atoms with Gasteiger partial charge in [-0.15, -0.1) is 24.0 Å². The van der Waals surface area contributed by atoms with Gasteiger partial charge in [0, 0.05) is 5.56 Å². The maximum absolute atomic E-state index is 10.6. The van der Waals surface area contributed by atoms with Crippen molar-refractivity contribution in [1.82, 2.24) is 4.98 Å². The number of aldehydes is 1. The summed E-state index contributed by atoms with van der Waals surface area (Å²) in [5.74, 6) is 0. The van der Waals surface area contributed by atoms with Gasteiger partial charge in [-0.2, -0.15) is 0 Å². The number of nitrogens with zero attached hydrogens (tertiary/aromatic N) is 1. The van der Waals surface area contributed by atoms with Gasteiger partial charge in [0.15, 0.2) is 6.29 Å². The van der Waals surface area contributed by atoms with E-state index in [0.717, 1.165) is 16.5 Å². The summed E-state index contributed by atoms with van der Waals surface area (Å²) in [5, 5.41) is 0. The summed E-state index contributed by atoms with van der Waals surface area (Å²) in [6.45, 7) is 0. The van der Waals surface area contributed by atoms with Crippen molar-refractivity contribution in [2.45, 2.75) is 4.34 Å². The van der Waals surface area contributed by atoms with Crippen LogP contribution in [0.15, 0.2) is 22.5 Å². The third kappa shape index (κ3) is 1.13. The zero-order valence-electron chi connectivity index (χ0n) is 6.02. The van der Waals surface area contributed by atoms with Gasteiger partial charge in [0.2, 0.25) is 0 Å². The molecule has 0 saturated heterocycles. The quantitative estimate of drug-likeness (QED) is 0.559. The Balaban J connectivity index is 2.86. The third-order valence-electron chi connectivity index (χ3n) is 1.56. The molecule has 0 N–H and O–H groups in total. The summed E-state index contributed by atoms with van der Waals surface area (Å²) in [5.41, 5.74) is 1.53. The second kappa shape index (κ2) is 2.88. The monoisotopic (exact) mass is 195 g/mol. The molecule has 0 aliphatic carbocycles. The van der Waals surface area contributed by atoms with Crippen LogP contribution in [0.5, 0.6) is 0 Å². The minimum atomic E-state index is 0.685. The lowest BCUT2D eigenvalue weighted by atomic mass is 10.2. The number of carbonyl (C=O) groups excluding carboxylic acids is 1. The summed E-state index contributed by atoms with van der Waals surface area (Å²) in [4.78, 5) is 14.7. The molecule has 0 fully saturated rings. The molecular formula is C8H5NOS2. The minimum absolute atomic E-state index is 0.685. The zero-order valence-corrected chi connectivity index (χ0v) is 7.73. The van der Waals surface area contributed by atoms with E-state index in [4.69, 9.17) is 0 Å². The average molecular weight is 195 g/mol. The molecule has 12 heavy (non-hydrogen) atoms. The zero-order chi connectivity index (χ0) is 8.55. The Morgan fingerprint density at radius 3 is 3.08 bits per heavy atom. The first-order chi connectivity index (χ1) is 5.81. The van der Waals surface area contributed by atoms with E-state index in [9.17, 15) is 4.79 Å². The molecule has 0 aliphatic heterocycles. The second-order valence-electron chi connectivity index (χ2n) is 2.31. The van der Waals surface area contributed by atoms with E-state index in [1.165, 1.54) is 11.3 Å². The highest BCUT2D eigenvalue weighted by Crippen LogP contribution is 2.26. The van der Waals surface area contributed by atoms with Gasteiger partial charge in [0.1, 0.15) is 4.34 Å². The Morgan fingerprint density at radius 1 is 1.50 bits per heavy atom. The maximum Gasteiger partial charge on any atom is 0.151 e. The lowest BCUT2D eigenvalue weighted by molar-refractivity contribution is 0.112. The lowest BCUT2D eigenvalue weighted by Crippen LogP contribution is -1.77. The molecule has 2 nitrogen and oxygen atoms in total. The number of carbonyl (C=O) groups is 1. The van der Waals surface area contributed by atoms with Crippen LogP contribution in [0.3, 0.4) is 0 Å². The molecule has 0 atom stereocenters. The molecule has 4 heteroatoms. The molecule has 1 heterocycles. The highest BCUT2D eigenvalue weighted by molar-refractivity contribution is 7.82. The van der Waals surface area contributed by atoms with Crippen molar-refractivity contribution in [1.29, 1.82) is 0 Å². The number of fused-ring (bicyclic) bond motifs is 1. The molecule has 0 saturated carbocycles. The number of thiazole rings is 1. The van der Waals surface area contributed by atoms with Crippen LogP contribution in [0, 0.1) is 0 Å². The molecule has 1 aromatic heterocycles. The standard InChI is InChI=1S/C8H5NOS2/c10-4-5-2-1-3-6-7(5)12-8(11)9-6/h1-4H,(H,9,11). The number of thiol groups is 1. The average Bonchev–Trinajstić information content (AvgIpc) is 2.44. The van der Waals surface area contributed by atoms with E-state index < -0.39 is 0 Å². The van der Waals surface area contributed by atoms with Gasteiger partial charge in [-0.3, -0.25) is 4.79 Å². The van der Waals surface area contributed by atoms with Crippen LogP contribution in [0.4, 0.5) is 0 Å². The summed E-state index contributed by atoms with van der Waals surface area (Å²) in [6, 6.07) is 5.47. The van der Waals surface area contributed by atoms with Crippen molar-refractivity contribution < 1.29 is 4.79 Å². The van der Waals surface area contributed by atoms with Crippen LogP contribution in [-0.2, 0) is 0 Å². The molecule has 0 bridgehead atoms. The smallest absolute Gasteiger partial charge is 0.151 e. The molecule has 0 unspecified atom stereocenters. The highest BCUT2D eigenvalue weighted by atomic mass is 32.2. The largest absolute Gasteiger partial charge is 0.298 e. The first-order valence-electron chi connectivity index (χ1n) is 3.35. The normalized spacial score (nSPS) is 10.4. The first-order valence-corrected chi connectivity index (χ1v) is 4.61. The fourth-order valence-electron chi connectivity index (χ4n) is 1.05. The second-order valence-corrected chi connectivity index (χ2v) is 4.04. The van der Waals surface area contributed by atoms with Gasteiger partial charge in [0.05, 0.1) is 10.2 Å². The van der Waals surface area contributed by atoms with Crippen molar-refractivity contribution in [3.8, 4) is 0 Å². The van der Waals surface area contributed by atoms with Crippen LogP contribution in [0.1, 0.15) is 10.4 Å². The molecule has 0 amide bonds. The van der Waals surface area contributed by atoms with E-state index in [-0.39, 0.29) is 0 Å². The molecular weight excluding hydrogens is 190 g/mol. The fraction of sp³-hybridized carbons (Fsp3) is 0. The maximum atomic E-state index is 10.6. The van der Waals surface area contributed by atoms with Gasteiger partial charge in [-0.05, 0) is 6.07 Å². The Kier molecular flexibility index (Phi) is 1.86. The van der Waals surface area contributed by atoms with E-state index in [0.29, 0.717) is 9.90 Å². The van der Waals surface area contributed by atoms with Crippen LogP contribution < -0.4 is 0 Å². The Bertz CT molecular complexity index is 436. The van der Waals surface area contributed by atoms with Crippen molar-refractivity contribution >= 4 is 40.5 Å². The van der Waals surface area contributed by atoms with E-state index in [2.05, 4.69) is 17.6 Å². The molecule has 1 aromatic carbocycles. The Morgan fingerprint density at radius 2 is 2.33 bits per heavy atom. The van der Waals surface area contributed by atoms with Crippen molar-refractivity contribution in [3.05, 3.63) is 23.8 Å². The summed E-state index contributed by atoms with van der Waals surface area (Å²) in [7, 11) is 0. The van der Waals surface area contributed by atoms with Gasteiger partial charge in [-0.1, -0.05) is 12.1 Å². The van der Waals surface area contributed by atoms with Crippen molar-refractivity contribution in [2.24, 2.45) is 0 Å². The summed E-state index contributed by atoms with van der Waals surface area (Å²) < 4.78 is 1.61. The Hall–Kier alpha value is -0.870. The lowest BCUT2D eigenvalue weighted by Gasteiger charge is -1.89. The minimum Gasteiger partial charge on any atom is -0.298 e. The number of benzene rings is 1. The first kappa shape index (κ1) is 7.76. The van der Waals surface area contributed by atoms with Crippen LogP contribution in [0.25, 0.3) is 10.2 Å². The van der Waals surface area contributed by atoms with Crippen molar-refractivity contribution in [2.75, 3.05) is 0 Å². The molecule has 0 aliphatic rings. The van der Waals surface area contributed by atoms with E-state index >= 15 is 0 Å². The predicted octanol–water partition coefficient (Wildman–Crippen LogP) is 2.40. The number of rotatable bonds is 1. The third-order valence-corrected chi connectivity index (χ3v) is 2.86. The molecule has 60 valence electrons. The predicted molar refractivity (Wildman–Crippen MR) is 52.3 cm³/mol. The fourth-order valence-corrected chi connectivity index (χ4v) is 2.21. The van der Waals surface area contributed by atoms with Crippen molar-refractivity contribution in [3.63, 3.8) is 0 Å². The van der Waals surface area contributed by atoms with Gasteiger partial charge >= 0.3 is 0 Å². The number of aromatic nitrogens is 1. The van der Waals surface area contributed by atoms with Crippen LogP contribution in [0.2, 0.25) is 0 Å². The number of hydrogen-bond acceptors (Lipinski definition) is 4. The molecule has 0 radical (unpaired) electrons. The van der Waals surface area contributed by atoms with E-state index in [1.807, 2.05) is 12.1 Å². The number of hydrogen-bond donors (Lipinski definition) is 1. The summed E-state index contributed by atoms with van der Waals surface area (Å²) >= 11 is 5.55. The molecule has 2 aromatic rings. The highest BCUT2D eigenvalue weighted by Gasteiger charge is 2.03. The van der Waals surface area contributed by atoms with Gasteiger partial charge < -0.3 is 0 Å². The SMILES string of the molecule is O=Cc1cccc2nc(S)sc12. The van der Waals surface area contributed by atoms with Gasteiger partial charge in [-0.25, -0.2) is 4.98 Å². The molecule has 0 spiro atoms. The Labute approximate surface area is 78.7 Å². The topological polar surface area (TPSA) is 30.0 Å². The van der Waals surface area contributed by atoms with Crippen LogP contribution in [-0.4, -0.2) is 11.3 Å². The molecule has 2 rings (SSSR count). The van der Waals surface area contributed by atoms with E-state index in [1.54, 1.807) is 6.07 Å². The summed E-state index contributed by atoms with van der Waals surface area (Å²) in [6.07, 6.45) is 0.841. The van der Waals surface area contributed by atoms with Gasteiger partial charge in [0.25, 0.3) is 0 Å². The van der Waals surface area contributed by atoms with Crippen LogP contribution >= 0.6 is 24.0 Å².